The Balaban J connectivity index is 3.33. The van der Waals surface area contributed by atoms with Crippen LogP contribution in [0.5, 0.6) is 0 Å². The summed E-state index contributed by atoms with van der Waals surface area (Å²) in [4.78, 5) is 0. The molecule has 0 fully saturated rings. The van der Waals surface area contributed by atoms with Crippen LogP contribution in [0.3, 0.4) is 0 Å². The van der Waals surface area contributed by atoms with Gasteiger partial charge in [-0.1, -0.05) is 97.3 Å². The van der Waals surface area contributed by atoms with Crippen molar-refractivity contribution in [2.24, 2.45) is 0 Å². The zero-order chi connectivity index (χ0) is 17.0. The van der Waals surface area contributed by atoms with E-state index in [1.54, 1.807) is 0 Å². The molecule has 1 N–H and O–H groups in total. The Morgan fingerprint density at radius 3 is 1.57 bits per heavy atom. The van der Waals surface area contributed by atoms with E-state index in [2.05, 4.69) is 13.8 Å². The molecule has 0 aliphatic heterocycles. The fraction of sp³-hybridized carbons (Fsp3) is 0.905. The lowest BCUT2D eigenvalue weighted by Gasteiger charge is -2.09. The number of hydrogen-bond donors (Lipinski definition) is 1. The van der Waals surface area contributed by atoms with Crippen LogP contribution in [0.2, 0.25) is 0 Å². The zero-order valence-corrected chi connectivity index (χ0v) is 16.0. The van der Waals surface area contributed by atoms with Crippen LogP contribution in [-0.4, -0.2) is 11.7 Å². The third-order valence-electron chi connectivity index (χ3n) is 4.46. The molecule has 23 heavy (non-hydrogen) atoms. The van der Waals surface area contributed by atoms with Crippen molar-refractivity contribution in [2.75, 3.05) is 6.61 Å². The molecule has 0 unspecified atom stereocenters. The van der Waals surface area contributed by atoms with Crippen molar-refractivity contribution in [1.29, 1.82) is 0 Å². The monoisotopic (exact) mass is 326 g/mol. The first kappa shape index (κ1) is 22.3. The highest BCUT2D eigenvalue weighted by Crippen LogP contribution is 2.14. The second-order valence-corrected chi connectivity index (χ2v) is 6.79. The summed E-state index contributed by atoms with van der Waals surface area (Å²) in [5, 5.41) is 9.24. The van der Waals surface area contributed by atoms with E-state index in [-0.39, 0.29) is 0 Å². The molecule has 0 spiro atoms. The van der Waals surface area contributed by atoms with Gasteiger partial charge in [0.05, 0.1) is 6.61 Å². The van der Waals surface area contributed by atoms with Crippen LogP contribution in [-0.2, 0) is 4.74 Å². The highest BCUT2D eigenvalue weighted by molar-refractivity contribution is 4.86. The summed E-state index contributed by atoms with van der Waals surface area (Å²) in [5.41, 5.74) is 0. The molecule has 0 aliphatic rings. The molecule has 0 amide bonds. The Kier molecular flexibility index (Phi) is 18.8. The van der Waals surface area contributed by atoms with Gasteiger partial charge in [0.2, 0.25) is 0 Å². The van der Waals surface area contributed by atoms with Crippen molar-refractivity contribution in [1.82, 2.24) is 0 Å². The van der Waals surface area contributed by atoms with Crippen molar-refractivity contribution in [2.45, 2.75) is 117 Å². The molecule has 2 heteroatoms. The van der Waals surface area contributed by atoms with E-state index >= 15 is 0 Å². The minimum absolute atomic E-state index is 0.761. The van der Waals surface area contributed by atoms with E-state index in [1.165, 1.54) is 89.7 Å². The Hall–Kier alpha value is -0.660. The smallest absolute Gasteiger partial charge is 0.130 e. The van der Waals surface area contributed by atoms with E-state index in [1.807, 2.05) is 0 Å². The van der Waals surface area contributed by atoms with Gasteiger partial charge in [0, 0.05) is 6.42 Å². The third-order valence-corrected chi connectivity index (χ3v) is 4.46. The lowest BCUT2D eigenvalue weighted by Crippen LogP contribution is -1.96. The van der Waals surface area contributed by atoms with Crippen LogP contribution >= 0.6 is 0 Å². The molecule has 0 atom stereocenters. The lowest BCUT2D eigenvalue weighted by atomic mass is 10.1. The van der Waals surface area contributed by atoms with Crippen molar-refractivity contribution >= 4 is 0 Å². The predicted octanol–water partition coefficient (Wildman–Crippen LogP) is 7.68. The lowest BCUT2D eigenvalue weighted by molar-refractivity contribution is 0.182. The summed E-state index contributed by atoms with van der Waals surface area (Å²) < 4.78 is 5.69. The zero-order valence-electron chi connectivity index (χ0n) is 16.0. The molecule has 0 bridgehead atoms. The van der Waals surface area contributed by atoms with Crippen molar-refractivity contribution in [3.63, 3.8) is 0 Å². The van der Waals surface area contributed by atoms with Crippen LogP contribution in [0.25, 0.3) is 0 Å². The van der Waals surface area contributed by atoms with Gasteiger partial charge in [-0.3, -0.25) is 0 Å². The number of hydrogen-bond acceptors (Lipinski definition) is 2. The molecule has 2 nitrogen and oxygen atoms in total. The van der Waals surface area contributed by atoms with Crippen LogP contribution in [0.4, 0.5) is 0 Å². The normalized spacial score (nSPS) is 11.8. The Morgan fingerprint density at radius 1 is 0.652 bits per heavy atom. The molecule has 138 valence electrons. The quantitative estimate of drug-likeness (QED) is 0.207. The first-order valence-electron chi connectivity index (χ1n) is 10.3. The Bertz CT molecular complexity index is 226. The summed E-state index contributed by atoms with van der Waals surface area (Å²) in [6, 6.07) is 0. The van der Waals surface area contributed by atoms with E-state index in [0.717, 1.165) is 31.6 Å². The largest absolute Gasteiger partial charge is 0.512 e. The van der Waals surface area contributed by atoms with Gasteiger partial charge < -0.3 is 9.84 Å². The summed E-state index contributed by atoms with van der Waals surface area (Å²) in [5.74, 6) is 0.780. The SMILES string of the molecule is CCCCCCCCCC/C(=C/O)OCCCCCCCCC. The Morgan fingerprint density at radius 2 is 1.09 bits per heavy atom. The van der Waals surface area contributed by atoms with Crippen molar-refractivity contribution in [3.05, 3.63) is 12.0 Å². The molecular weight excluding hydrogens is 284 g/mol. The van der Waals surface area contributed by atoms with Gasteiger partial charge >= 0.3 is 0 Å². The second-order valence-electron chi connectivity index (χ2n) is 6.79. The van der Waals surface area contributed by atoms with Gasteiger partial charge in [-0.25, -0.2) is 0 Å². The van der Waals surface area contributed by atoms with Gasteiger partial charge in [0.25, 0.3) is 0 Å². The molecule has 0 aromatic carbocycles. The van der Waals surface area contributed by atoms with E-state index in [4.69, 9.17) is 4.74 Å². The molecule has 0 aliphatic carbocycles. The number of unbranched alkanes of at least 4 members (excludes halogenated alkanes) is 13. The molecular formula is C21H42O2. The summed E-state index contributed by atoms with van der Waals surface area (Å²) in [7, 11) is 0. The minimum Gasteiger partial charge on any atom is -0.512 e. The van der Waals surface area contributed by atoms with Gasteiger partial charge in [-0.2, -0.15) is 0 Å². The molecule has 0 rings (SSSR count). The maximum absolute atomic E-state index is 9.24. The highest BCUT2D eigenvalue weighted by atomic mass is 16.5. The number of ether oxygens (including phenoxy) is 1. The van der Waals surface area contributed by atoms with Crippen LogP contribution in [0.15, 0.2) is 12.0 Å². The first-order chi connectivity index (χ1) is 11.3. The number of rotatable bonds is 18. The first-order valence-corrected chi connectivity index (χ1v) is 10.3. The van der Waals surface area contributed by atoms with Gasteiger partial charge in [0.15, 0.2) is 0 Å². The van der Waals surface area contributed by atoms with Gasteiger partial charge in [0.1, 0.15) is 12.0 Å². The van der Waals surface area contributed by atoms with Crippen LogP contribution in [0, 0.1) is 0 Å². The fourth-order valence-electron chi connectivity index (χ4n) is 2.87. The molecule has 0 aromatic rings. The summed E-state index contributed by atoms with van der Waals surface area (Å²) >= 11 is 0. The fourth-order valence-corrected chi connectivity index (χ4v) is 2.87. The average molecular weight is 327 g/mol. The predicted molar refractivity (Wildman–Crippen MR) is 102 cm³/mol. The molecule has 0 radical (unpaired) electrons. The van der Waals surface area contributed by atoms with E-state index in [9.17, 15) is 5.11 Å². The third kappa shape index (κ3) is 17.5. The molecule has 0 heterocycles. The summed E-state index contributed by atoms with van der Waals surface area (Å²) in [6.45, 7) is 5.27. The highest BCUT2D eigenvalue weighted by Gasteiger charge is 2.00. The summed E-state index contributed by atoms with van der Waals surface area (Å²) in [6.07, 6.45) is 21.7. The maximum atomic E-state index is 9.24. The van der Waals surface area contributed by atoms with Crippen LogP contribution in [0.1, 0.15) is 117 Å². The van der Waals surface area contributed by atoms with E-state index < -0.39 is 0 Å². The average Bonchev–Trinajstić information content (AvgIpc) is 2.57. The maximum Gasteiger partial charge on any atom is 0.130 e. The Labute approximate surface area is 145 Å². The molecule has 0 aromatic heterocycles. The minimum atomic E-state index is 0.761. The standard InChI is InChI=1S/C21H42O2/c1-3-5-7-9-11-12-14-16-18-21(20-22)23-19-17-15-13-10-8-6-4-2/h20,22H,3-19H2,1-2H3/b21-20-. The number of allylic oxidation sites excluding steroid dienone is 1. The number of aliphatic hydroxyl groups is 1. The van der Waals surface area contributed by atoms with Crippen molar-refractivity contribution in [3.8, 4) is 0 Å². The van der Waals surface area contributed by atoms with Gasteiger partial charge in [-0.15, -0.1) is 0 Å². The second kappa shape index (κ2) is 19.4. The molecule has 0 saturated carbocycles. The topological polar surface area (TPSA) is 29.5 Å². The number of aliphatic hydroxyl groups excluding tert-OH is 1. The van der Waals surface area contributed by atoms with E-state index in [0.29, 0.717) is 0 Å². The molecule has 0 saturated heterocycles. The van der Waals surface area contributed by atoms with Gasteiger partial charge in [-0.05, 0) is 12.8 Å². The van der Waals surface area contributed by atoms with Crippen LogP contribution < -0.4 is 0 Å². The van der Waals surface area contributed by atoms with Crippen molar-refractivity contribution < 1.29 is 9.84 Å².